The van der Waals surface area contributed by atoms with Crippen molar-refractivity contribution in [3.05, 3.63) is 0 Å². The maximum absolute atomic E-state index is 11.6. The van der Waals surface area contributed by atoms with Crippen molar-refractivity contribution in [1.29, 1.82) is 0 Å². The van der Waals surface area contributed by atoms with Crippen LogP contribution in [0.4, 0.5) is 4.79 Å². The first-order valence-corrected chi connectivity index (χ1v) is 6.65. The lowest BCUT2D eigenvalue weighted by atomic mass is 9.82. The number of ether oxygens (including phenoxy) is 1. The predicted molar refractivity (Wildman–Crippen MR) is 66.3 cm³/mol. The number of nitrogens with zero attached hydrogens (tertiary/aromatic N) is 1. The van der Waals surface area contributed by atoms with Crippen LogP contribution in [0.5, 0.6) is 0 Å². The van der Waals surface area contributed by atoms with Crippen LogP contribution in [0.25, 0.3) is 0 Å². The van der Waals surface area contributed by atoms with Gasteiger partial charge in [-0.1, -0.05) is 13.3 Å². The minimum atomic E-state index is -0.443. The highest BCUT2D eigenvalue weighted by Gasteiger charge is 2.35. The third-order valence-corrected chi connectivity index (χ3v) is 3.79. The molecule has 1 aliphatic rings. The first kappa shape index (κ1) is 14.3. The predicted octanol–water partition coefficient (Wildman–Crippen LogP) is 2.44. The SMILES string of the molecule is CCCCOC(=O)N1CCC(C=O)(CCl)CC1. The Hall–Kier alpha value is -0.770. The van der Waals surface area contributed by atoms with Gasteiger partial charge in [-0.05, 0) is 19.3 Å². The van der Waals surface area contributed by atoms with Crippen LogP contribution >= 0.6 is 11.6 Å². The maximum Gasteiger partial charge on any atom is 0.409 e. The van der Waals surface area contributed by atoms with E-state index in [0.717, 1.165) is 19.1 Å². The third kappa shape index (κ3) is 3.87. The monoisotopic (exact) mass is 261 g/mol. The van der Waals surface area contributed by atoms with E-state index < -0.39 is 5.41 Å². The molecule has 5 heteroatoms. The molecule has 0 atom stereocenters. The molecular formula is C12H20ClNO3. The van der Waals surface area contributed by atoms with E-state index in [0.29, 0.717) is 38.4 Å². The Morgan fingerprint density at radius 2 is 2.12 bits per heavy atom. The molecule has 1 saturated heterocycles. The van der Waals surface area contributed by atoms with Crippen LogP contribution in [0, 0.1) is 5.41 Å². The minimum Gasteiger partial charge on any atom is -0.449 e. The number of unbranched alkanes of at least 4 members (excludes halogenated alkanes) is 1. The van der Waals surface area contributed by atoms with Gasteiger partial charge in [-0.25, -0.2) is 4.79 Å². The van der Waals surface area contributed by atoms with Crippen LogP contribution in [0.3, 0.4) is 0 Å². The fourth-order valence-corrected chi connectivity index (χ4v) is 2.14. The fraction of sp³-hybridized carbons (Fsp3) is 0.833. The Kier molecular flexibility index (Phi) is 5.75. The number of halogens is 1. The summed E-state index contributed by atoms with van der Waals surface area (Å²) in [6.07, 6.45) is 3.81. The van der Waals surface area contributed by atoms with Gasteiger partial charge in [0.2, 0.25) is 0 Å². The Bertz CT molecular complexity index is 262. The van der Waals surface area contributed by atoms with E-state index in [-0.39, 0.29) is 6.09 Å². The molecular weight excluding hydrogens is 242 g/mol. The average Bonchev–Trinajstić information content (AvgIpc) is 2.39. The number of aldehydes is 1. The summed E-state index contributed by atoms with van der Waals surface area (Å²) in [5.41, 5.74) is -0.443. The van der Waals surface area contributed by atoms with Gasteiger partial charge in [-0.3, -0.25) is 0 Å². The van der Waals surface area contributed by atoms with Crippen LogP contribution in [0.1, 0.15) is 32.6 Å². The van der Waals surface area contributed by atoms with E-state index >= 15 is 0 Å². The van der Waals surface area contributed by atoms with Crippen molar-refractivity contribution in [2.45, 2.75) is 32.6 Å². The highest BCUT2D eigenvalue weighted by Crippen LogP contribution is 2.30. The van der Waals surface area contributed by atoms with Gasteiger partial charge in [0.05, 0.1) is 6.61 Å². The molecule has 1 fully saturated rings. The molecule has 4 nitrogen and oxygen atoms in total. The van der Waals surface area contributed by atoms with Gasteiger partial charge in [0.1, 0.15) is 6.29 Å². The van der Waals surface area contributed by atoms with Crippen molar-refractivity contribution >= 4 is 24.0 Å². The molecule has 1 heterocycles. The van der Waals surface area contributed by atoms with E-state index in [2.05, 4.69) is 0 Å². The number of likely N-dealkylation sites (tertiary alicyclic amines) is 1. The van der Waals surface area contributed by atoms with Crippen molar-refractivity contribution in [1.82, 2.24) is 4.90 Å². The molecule has 0 radical (unpaired) electrons. The lowest BCUT2D eigenvalue weighted by Crippen LogP contribution is -2.45. The Morgan fingerprint density at radius 1 is 1.47 bits per heavy atom. The third-order valence-electron chi connectivity index (χ3n) is 3.26. The van der Waals surface area contributed by atoms with Crippen molar-refractivity contribution in [3.8, 4) is 0 Å². The summed E-state index contributed by atoms with van der Waals surface area (Å²) >= 11 is 5.80. The molecule has 0 bridgehead atoms. The molecule has 0 aliphatic carbocycles. The van der Waals surface area contributed by atoms with Gasteiger partial charge < -0.3 is 14.4 Å². The van der Waals surface area contributed by atoms with Crippen LogP contribution in [0.2, 0.25) is 0 Å². The fourth-order valence-electron chi connectivity index (χ4n) is 1.81. The lowest BCUT2D eigenvalue weighted by Gasteiger charge is -2.36. The van der Waals surface area contributed by atoms with Crippen LogP contribution in [-0.4, -0.2) is 42.9 Å². The molecule has 98 valence electrons. The topological polar surface area (TPSA) is 46.6 Å². The quantitative estimate of drug-likeness (QED) is 0.434. The zero-order valence-corrected chi connectivity index (χ0v) is 11.0. The number of alkyl halides is 1. The summed E-state index contributed by atoms with van der Waals surface area (Å²) in [5.74, 6) is 0.329. The second-order valence-electron chi connectivity index (χ2n) is 4.57. The zero-order chi connectivity index (χ0) is 12.7. The molecule has 0 aromatic rings. The molecule has 1 rings (SSSR count). The summed E-state index contributed by atoms with van der Waals surface area (Å²) in [6, 6.07) is 0. The van der Waals surface area contributed by atoms with E-state index in [4.69, 9.17) is 16.3 Å². The molecule has 1 amide bonds. The number of carbonyl (C=O) groups is 2. The van der Waals surface area contributed by atoms with E-state index in [9.17, 15) is 9.59 Å². The van der Waals surface area contributed by atoms with Crippen molar-refractivity contribution in [3.63, 3.8) is 0 Å². The number of hydrogen-bond acceptors (Lipinski definition) is 3. The molecule has 0 aromatic carbocycles. The van der Waals surface area contributed by atoms with Crippen LogP contribution < -0.4 is 0 Å². The van der Waals surface area contributed by atoms with Crippen molar-refractivity contribution in [2.75, 3.05) is 25.6 Å². The number of rotatable bonds is 5. The van der Waals surface area contributed by atoms with Gasteiger partial charge in [0, 0.05) is 24.4 Å². The first-order valence-electron chi connectivity index (χ1n) is 6.11. The van der Waals surface area contributed by atoms with Gasteiger partial charge in [-0.15, -0.1) is 11.6 Å². The Balaban J connectivity index is 2.35. The maximum atomic E-state index is 11.6. The minimum absolute atomic E-state index is 0.271. The van der Waals surface area contributed by atoms with Crippen LogP contribution in [0.15, 0.2) is 0 Å². The van der Waals surface area contributed by atoms with Crippen LogP contribution in [-0.2, 0) is 9.53 Å². The molecule has 0 aromatic heterocycles. The molecule has 1 aliphatic heterocycles. The van der Waals surface area contributed by atoms with Crippen molar-refractivity contribution in [2.24, 2.45) is 5.41 Å². The van der Waals surface area contributed by atoms with E-state index in [1.807, 2.05) is 6.92 Å². The highest BCUT2D eigenvalue weighted by molar-refractivity contribution is 6.19. The highest BCUT2D eigenvalue weighted by atomic mass is 35.5. The molecule has 17 heavy (non-hydrogen) atoms. The Morgan fingerprint density at radius 3 is 2.59 bits per heavy atom. The van der Waals surface area contributed by atoms with E-state index in [1.54, 1.807) is 4.90 Å². The smallest absolute Gasteiger partial charge is 0.409 e. The normalized spacial score (nSPS) is 18.8. The van der Waals surface area contributed by atoms with Gasteiger partial charge in [-0.2, -0.15) is 0 Å². The summed E-state index contributed by atoms with van der Waals surface area (Å²) in [6.45, 7) is 3.63. The van der Waals surface area contributed by atoms with Crippen molar-refractivity contribution < 1.29 is 14.3 Å². The standard InChI is InChI=1S/C12H20ClNO3/c1-2-3-8-17-11(16)14-6-4-12(9-13,10-15)5-7-14/h10H,2-9H2,1H3. The number of piperidine rings is 1. The van der Waals surface area contributed by atoms with E-state index in [1.165, 1.54) is 0 Å². The number of amides is 1. The van der Waals surface area contributed by atoms with Gasteiger partial charge in [0.25, 0.3) is 0 Å². The Labute approximate surface area is 107 Å². The second-order valence-corrected chi connectivity index (χ2v) is 4.84. The molecule has 0 N–H and O–H groups in total. The summed E-state index contributed by atoms with van der Waals surface area (Å²) < 4.78 is 5.12. The second kappa shape index (κ2) is 6.84. The average molecular weight is 262 g/mol. The summed E-state index contributed by atoms with van der Waals surface area (Å²) in [7, 11) is 0. The van der Waals surface area contributed by atoms with Gasteiger partial charge >= 0.3 is 6.09 Å². The number of hydrogen-bond donors (Lipinski definition) is 0. The largest absolute Gasteiger partial charge is 0.449 e. The summed E-state index contributed by atoms with van der Waals surface area (Å²) in [4.78, 5) is 24.3. The summed E-state index contributed by atoms with van der Waals surface area (Å²) in [5, 5.41) is 0. The zero-order valence-electron chi connectivity index (χ0n) is 10.3. The lowest BCUT2D eigenvalue weighted by molar-refractivity contribution is -0.117. The number of carbonyl (C=O) groups excluding carboxylic acids is 2. The molecule has 0 unspecified atom stereocenters. The van der Waals surface area contributed by atoms with Gasteiger partial charge in [0.15, 0.2) is 0 Å². The first-order chi connectivity index (χ1) is 8.17. The molecule has 0 saturated carbocycles. The molecule has 0 spiro atoms.